The number of thiocarbonyl (C=S) groups is 1. The van der Waals surface area contributed by atoms with E-state index in [-0.39, 0.29) is 16.4 Å². The van der Waals surface area contributed by atoms with Gasteiger partial charge in [0.05, 0.1) is 10.4 Å². The first kappa shape index (κ1) is 14.4. The second-order valence-corrected chi connectivity index (χ2v) is 5.52. The molecule has 4 heteroatoms. The summed E-state index contributed by atoms with van der Waals surface area (Å²) in [6.45, 7) is 9.58. The summed E-state index contributed by atoms with van der Waals surface area (Å²) >= 11 is 4.88. The molecule has 0 aromatic carbocycles. The molecule has 0 saturated carbocycles. The number of amides is 1. The van der Waals surface area contributed by atoms with Gasteiger partial charge in [-0.05, 0) is 34.1 Å². The fraction of sp³-hybridized carbons (Fsp3) is 0.818. The van der Waals surface area contributed by atoms with Gasteiger partial charge in [-0.1, -0.05) is 25.6 Å². The Morgan fingerprint density at radius 3 is 2.13 bits per heavy atom. The molecule has 88 valence electrons. The Bertz CT molecular complexity index is 259. The maximum atomic E-state index is 11.9. The second-order valence-electron chi connectivity index (χ2n) is 5.08. The summed E-state index contributed by atoms with van der Waals surface area (Å²) in [6, 6.07) is 0. The molecular formula is C11H22N2OS. The number of nitrogens with one attached hydrogen (secondary N) is 1. The molecule has 0 aliphatic rings. The zero-order valence-corrected chi connectivity index (χ0v) is 11.1. The van der Waals surface area contributed by atoms with Crippen molar-refractivity contribution in [2.75, 3.05) is 0 Å². The highest BCUT2D eigenvalue weighted by Gasteiger charge is 2.33. The second kappa shape index (κ2) is 4.92. The molecule has 0 aromatic rings. The summed E-state index contributed by atoms with van der Waals surface area (Å²) in [5.74, 6) is -0.103. The average molecular weight is 230 g/mol. The fourth-order valence-corrected chi connectivity index (χ4v) is 1.36. The van der Waals surface area contributed by atoms with E-state index in [0.717, 1.165) is 12.8 Å². The van der Waals surface area contributed by atoms with Gasteiger partial charge in [0.25, 0.3) is 0 Å². The monoisotopic (exact) mass is 230 g/mol. The number of hydrogen-bond donors (Lipinski definition) is 2. The van der Waals surface area contributed by atoms with E-state index in [0.29, 0.717) is 0 Å². The zero-order chi connectivity index (χ0) is 12.3. The Morgan fingerprint density at radius 1 is 1.33 bits per heavy atom. The summed E-state index contributed by atoms with van der Waals surface area (Å²) in [4.78, 5) is 12.1. The highest BCUT2D eigenvalue weighted by Crippen LogP contribution is 2.19. The van der Waals surface area contributed by atoms with Crippen molar-refractivity contribution in [1.82, 2.24) is 5.32 Å². The lowest BCUT2D eigenvalue weighted by Gasteiger charge is -2.31. The maximum absolute atomic E-state index is 11.9. The van der Waals surface area contributed by atoms with Gasteiger partial charge in [-0.15, -0.1) is 0 Å². The number of carbonyl (C=O) groups excluding carboxylic acids is 1. The maximum Gasteiger partial charge on any atom is 0.232 e. The SMILES string of the molecule is CCCC(C)(C)NC(=O)C(C)(C)C(N)=S. The van der Waals surface area contributed by atoms with Crippen LogP contribution in [0.5, 0.6) is 0 Å². The quantitative estimate of drug-likeness (QED) is 0.710. The molecule has 0 aliphatic heterocycles. The van der Waals surface area contributed by atoms with E-state index >= 15 is 0 Å². The van der Waals surface area contributed by atoms with Gasteiger partial charge in [0.15, 0.2) is 0 Å². The van der Waals surface area contributed by atoms with Gasteiger partial charge < -0.3 is 11.1 Å². The fourth-order valence-electron chi connectivity index (χ4n) is 1.26. The Hall–Kier alpha value is -0.640. The predicted octanol–water partition coefficient (Wildman–Crippen LogP) is 1.99. The van der Waals surface area contributed by atoms with Gasteiger partial charge in [0.2, 0.25) is 5.91 Å². The molecule has 0 aromatic heterocycles. The zero-order valence-electron chi connectivity index (χ0n) is 10.3. The Balaban J connectivity index is 4.56. The van der Waals surface area contributed by atoms with Gasteiger partial charge in [-0.25, -0.2) is 0 Å². The van der Waals surface area contributed by atoms with Gasteiger partial charge >= 0.3 is 0 Å². The molecule has 0 aliphatic carbocycles. The molecule has 0 rings (SSSR count). The van der Waals surface area contributed by atoms with Crippen LogP contribution >= 0.6 is 12.2 Å². The lowest BCUT2D eigenvalue weighted by molar-refractivity contribution is -0.127. The van der Waals surface area contributed by atoms with Gasteiger partial charge in [0.1, 0.15) is 0 Å². The Labute approximate surface area is 97.8 Å². The van der Waals surface area contributed by atoms with E-state index < -0.39 is 5.41 Å². The minimum atomic E-state index is -0.777. The van der Waals surface area contributed by atoms with Crippen LogP contribution in [0, 0.1) is 5.41 Å². The van der Waals surface area contributed by atoms with E-state index in [1.54, 1.807) is 13.8 Å². The molecule has 0 heterocycles. The van der Waals surface area contributed by atoms with E-state index in [1.165, 1.54) is 0 Å². The van der Waals surface area contributed by atoms with Crippen molar-refractivity contribution in [3.63, 3.8) is 0 Å². The van der Waals surface area contributed by atoms with Crippen molar-refractivity contribution < 1.29 is 4.79 Å². The van der Waals surface area contributed by atoms with Gasteiger partial charge in [-0.2, -0.15) is 0 Å². The largest absolute Gasteiger partial charge is 0.392 e. The lowest BCUT2D eigenvalue weighted by Crippen LogP contribution is -2.52. The summed E-state index contributed by atoms with van der Waals surface area (Å²) in [6.07, 6.45) is 1.97. The van der Waals surface area contributed by atoms with Crippen molar-refractivity contribution in [2.45, 2.75) is 53.0 Å². The first-order valence-electron chi connectivity index (χ1n) is 5.26. The van der Waals surface area contributed by atoms with Crippen LogP contribution in [0.3, 0.4) is 0 Å². The smallest absolute Gasteiger partial charge is 0.232 e. The molecule has 15 heavy (non-hydrogen) atoms. The number of hydrogen-bond acceptors (Lipinski definition) is 2. The normalized spacial score (nSPS) is 12.3. The molecule has 1 amide bonds. The molecule has 0 radical (unpaired) electrons. The molecule has 0 saturated heterocycles. The first-order chi connectivity index (χ1) is 6.63. The molecule has 3 N–H and O–H groups in total. The predicted molar refractivity (Wildman–Crippen MR) is 67.7 cm³/mol. The van der Waals surface area contributed by atoms with Crippen molar-refractivity contribution in [3.05, 3.63) is 0 Å². The minimum absolute atomic E-state index is 0.103. The summed E-state index contributed by atoms with van der Waals surface area (Å²) in [5.41, 5.74) is 4.56. The molecule has 0 unspecified atom stereocenters. The third-order valence-corrected chi connectivity index (χ3v) is 3.02. The molecule has 0 atom stereocenters. The topological polar surface area (TPSA) is 55.1 Å². The lowest BCUT2D eigenvalue weighted by atomic mass is 9.89. The van der Waals surface area contributed by atoms with Crippen LogP contribution in [-0.2, 0) is 4.79 Å². The van der Waals surface area contributed by atoms with Gasteiger partial charge in [0, 0.05) is 5.54 Å². The van der Waals surface area contributed by atoms with Crippen molar-refractivity contribution >= 4 is 23.1 Å². The van der Waals surface area contributed by atoms with Crippen molar-refractivity contribution in [3.8, 4) is 0 Å². The Kier molecular flexibility index (Phi) is 4.71. The highest BCUT2D eigenvalue weighted by molar-refractivity contribution is 7.80. The molecule has 0 bridgehead atoms. The number of nitrogens with two attached hydrogens (primary N) is 1. The van der Waals surface area contributed by atoms with E-state index in [1.807, 2.05) is 13.8 Å². The average Bonchev–Trinajstić information content (AvgIpc) is 2.02. The van der Waals surface area contributed by atoms with E-state index in [2.05, 4.69) is 12.2 Å². The van der Waals surface area contributed by atoms with Crippen LogP contribution in [-0.4, -0.2) is 16.4 Å². The minimum Gasteiger partial charge on any atom is -0.392 e. The molecular weight excluding hydrogens is 208 g/mol. The molecule has 0 spiro atoms. The Morgan fingerprint density at radius 2 is 1.80 bits per heavy atom. The van der Waals surface area contributed by atoms with Crippen molar-refractivity contribution in [1.29, 1.82) is 0 Å². The number of carbonyl (C=O) groups is 1. The van der Waals surface area contributed by atoms with Gasteiger partial charge in [-0.3, -0.25) is 4.79 Å². The third kappa shape index (κ3) is 4.16. The first-order valence-corrected chi connectivity index (χ1v) is 5.67. The molecule has 3 nitrogen and oxygen atoms in total. The number of rotatable bonds is 5. The van der Waals surface area contributed by atoms with E-state index in [4.69, 9.17) is 18.0 Å². The van der Waals surface area contributed by atoms with Crippen LogP contribution in [0.4, 0.5) is 0 Å². The third-order valence-electron chi connectivity index (χ3n) is 2.51. The highest BCUT2D eigenvalue weighted by atomic mass is 32.1. The van der Waals surface area contributed by atoms with E-state index in [9.17, 15) is 4.79 Å². The van der Waals surface area contributed by atoms with Crippen LogP contribution in [0.25, 0.3) is 0 Å². The van der Waals surface area contributed by atoms with Crippen LogP contribution < -0.4 is 11.1 Å². The molecule has 0 fully saturated rings. The van der Waals surface area contributed by atoms with Crippen LogP contribution in [0.1, 0.15) is 47.5 Å². The van der Waals surface area contributed by atoms with Crippen LogP contribution in [0.2, 0.25) is 0 Å². The standard InChI is InChI=1S/C11H22N2OS/c1-6-7-10(2,3)13-9(14)11(4,5)8(12)15/h6-7H2,1-5H3,(H2,12,15)(H,13,14). The summed E-state index contributed by atoms with van der Waals surface area (Å²) in [5, 5.41) is 2.97. The summed E-state index contributed by atoms with van der Waals surface area (Å²) in [7, 11) is 0. The van der Waals surface area contributed by atoms with Crippen molar-refractivity contribution in [2.24, 2.45) is 11.1 Å². The summed E-state index contributed by atoms with van der Waals surface area (Å²) < 4.78 is 0. The van der Waals surface area contributed by atoms with Crippen LogP contribution in [0.15, 0.2) is 0 Å².